The third-order valence-electron chi connectivity index (χ3n) is 3.56. The van der Waals surface area contributed by atoms with E-state index in [9.17, 15) is 9.59 Å². The molecule has 2 rings (SSSR count). The first-order valence-electron chi connectivity index (χ1n) is 7.04. The molecule has 5 heteroatoms. The third kappa shape index (κ3) is 3.84. The van der Waals surface area contributed by atoms with Crippen molar-refractivity contribution >= 4 is 22.8 Å². The zero-order valence-electron chi connectivity index (χ0n) is 12.3. The second-order valence-corrected chi connectivity index (χ2v) is 5.35. The lowest BCUT2D eigenvalue weighted by molar-refractivity contribution is -0.137. The highest BCUT2D eigenvalue weighted by molar-refractivity contribution is 5.90. The molecule has 1 atom stereocenters. The van der Waals surface area contributed by atoms with Crippen LogP contribution in [-0.4, -0.2) is 28.0 Å². The van der Waals surface area contributed by atoms with E-state index in [4.69, 9.17) is 5.11 Å². The molecular weight excluding hydrogens is 268 g/mol. The number of carboxylic acid groups (broad SMARTS) is 1. The number of carbonyl (C=O) groups excluding carboxylic acids is 1. The minimum atomic E-state index is -0.844. The summed E-state index contributed by atoms with van der Waals surface area (Å²) in [5, 5.41) is 12.5. The molecule has 1 aromatic carbocycles. The van der Waals surface area contributed by atoms with Crippen molar-refractivity contribution in [1.29, 1.82) is 0 Å². The van der Waals surface area contributed by atoms with Crippen molar-refractivity contribution in [3.63, 3.8) is 0 Å². The fraction of sp³-hybridized carbons (Fsp3) is 0.375. The molecule has 1 amide bonds. The number of nitrogens with one attached hydrogen (secondary N) is 2. The number of fused-ring (bicyclic) bond motifs is 1. The zero-order chi connectivity index (χ0) is 15.4. The van der Waals surface area contributed by atoms with E-state index in [1.165, 1.54) is 0 Å². The number of aromatic nitrogens is 1. The van der Waals surface area contributed by atoms with Crippen LogP contribution in [0.5, 0.6) is 0 Å². The number of H-pyrrole nitrogens is 1. The number of aromatic amines is 1. The van der Waals surface area contributed by atoms with E-state index in [0.717, 1.165) is 22.2 Å². The molecule has 0 saturated carbocycles. The maximum atomic E-state index is 12.1. The highest BCUT2D eigenvalue weighted by atomic mass is 16.4. The van der Waals surface area contributed by atoms with Crippen LogP contribution in [0.15, 0.2) is 24.3 Å². The summed E-state index contributed by atoms with van der Waals surface area (Å²) in [6.07, 6.45) is 0.800. The van der Waals surface area contributed by atoms with E-state index >= 15 is 0 Å². The molecule has 1 heterocycles. The van der Waals surface area contributed by atoms with Gasteiger partial charge in [-0.3, -0.25) is 9.59 Å². The number of carboxylic acids is 1. The Kier molecular flexibility index (Phi) is 4.62. The summed E-state index contributed by atoms with van der Waals surface area (Å²) in [5.74, 6) is -0.927. The first-order valence-corrected chi connectivity index (χ1v) is 7.04. The van der Waals surface area contributed by atoms with Crippen LogP contribution < -0.4 is 5.32 Å². The molecule has 2 aromatic rings. The highest BCUT2D eigenvalue weighted by Crippen LogP contribution is 2.22. The number of hydrogen-bond donors (Lipinski definition) is 3. The Labute approximate surface area is 123 Å². The average Bonchev–Trinajstić information content (AvgIpc) is 2.73. The lowest BCUT2D eigenvalue weighted by atomic mass is 10.1. The maximum absolute atomic E-state index is 12.1. The van der Waals surface area contributed by atoms with Gasteiger partial charge in [-0.25, -0.2) is 0 Å². The van der Waals surface area contributed by atoms with Crippen LogP contribution in [0.1, 0.15) is 31.0 Å². The average molecular weight is 288 g/mol. The molecule has 112 valence electrons. The number of para-hydroxylation sites is 1. The summed E-state index contributed by atoms with van der Waals surface area (Å²) in [6.45, 7) is 3.78. The summed E-state index contributed by atoms with van der Waals surface area (Å²) in [6, 6.07) is 7.75. The molecule has 0 aliphatic rings. The summed E-state index contributed by atoms with van der Waals surface area (Å²) in [5.41, 5.74) is 3.01. The van der Waals surface area contributed by atoms with Gasteiger partial charge in [-0.05, 0) is 31.9 Å². The van der Waals surface area contributed by atoms with Crippen LogP contribution in [0.2, 0.25) is 0 Å². The normalized spacial score (nSPS) is 12.3. The van der Waals surface area contributed by atoms with Crippen molar-refractivity contribution in [1.82, 2.24) is 10.3 Å². The Morgan fingerprint density at radius 3 is 2.76 bits per heavy atom. The Balaban J connectivity index is 2.01. The zero-order valence-corrected chi connectivity index (χ0v) is 12.3. The molecule has 21 heavy (non-hydrogen) atoms. The Morgan fingerprint density at radius 2 is 2.05 bits per heavy atom. The molecule has 1 unspecified atom stereocenters. The Bertz CT molecular complexity index is 661. The van der Waals surface area contributed by atoms with Crippen molar-refractivity contribution in [3.05, 3.63) is 35.5 Å². The number of aliphatic carboxylic acids is 1. The van der Waals surface area contributed by atoms with Gasteiger partial charge < -0.3 is 15.4 Å². The summed E-state index contributed by atoms with van der Waals surface area (Å²) < 4.78 is 0. The topological polar surface area (TPSA) is 82.2 Å². The van der Waals surface area contributed by atoms with Gasteiger partial charge in [-0.1, -0.05) is 18.2 Å². The lowest BCUT2D eigenvalue weighted by Gasteiger charge is -2.12. The number of carbonyl (C=O) groups is 2. The van der Waals surface area contributed by atoms with E-state index in [1.807, 2.05) is 38.1 Å². The van der Waals surface area contributed by atoms with Gasteiger partial charge >= 0.3 is 5.97 Å². The monoisotopic (exact) mass is 288 g/mol. The second-order valence-electron chi connectivity index (χ2n) is 5.35. The van der Waals surface area contributed by atoms with Crippen molar-refractivity contribution in [3.8, 4) is 0 Å². The van der Waals surface area contributed by atoms with Crippen LogP contribution in [0.4, 0.5) is 0 Å². The first-order chi connectivity index (χ1) is 9.97. The second kappa shape index (κ2) is 6.43. The van der Waals surface area contributed by atoms with Gasteiger partial charge in [0.05, 0.1) is 6.42 Å². The molecule has 0 fully saturated rings. The lowest BCUT2D eigenvalue weighted by Crippen LogP contribution is -2.34. The molecule has 1 aromatic heterocycles. The molecule has 0 bridgehead atoms. The Hall–Kier alpha value is -2.30. The molecule has 0 spiro atoms. The van der Waals surface area contributed by atoms with Crippen molar-refractivity contribution in [2.24, 2.45) is 0 Å². The fourth-order valence-electron chi connectivity index (χ4n) is 2.46. The van der Waals surface area contributed by atoms with Crippen molar-refractivity contribution < 1.29 is 14.7 Å². The van der Waals surface area contributed by atoms with Gasteiger partial charge in [0.1, 0.15) is 0 Å². The first kappa shape index (κ1) is 15.1. The standard InChI is InChI=1S/C16H20N2O3/c1-10(7-8-16(20)21)17-15(19)9-13-11(2)18-14-6-4-3-5-12(13)14/h3-6,10,18H,7-9H2,1-2H3,(H,17,19)(H,20,21). The number of hydrogen-bond acceptors (Lipinski definition) is 2. The predicted octanol–water partition coefficient (Wildman–Crippen LogP) is 2.39. The number of aryl methyl sites for hydroxylation is 1. The van der Waals surface area contributed by atoms with Crippen LogP contribution in [-0.2, 0) is 16.0 Å². The summed E-state index contributed by atoms with van der Waals surface area (Å²) in [7, 11) is 0. The van der Waals surface area contributed by atoms with E-state index in [0.29, 0.717) is 12.8 Å². The van der Waals surface area contributed by atoms with E-state index in [1.54, 1.807) is 0 Å². The van der Waals surface area contributed by atoms with Crippen molar-refractivity contribution in [2.75, 3.05) is 0 Å². The predicted molar refractivity (Wildman–Crippen MR) is 81.2 cm³/mol. The fourth-order valence-corrected chi connectivity index (χ4v) is 2.46. The largest absolute Gasteiger partial charge is 0.481 e. The maximum Gasteiger partial charge on any atom is 0.303 e. The molecule has 0 radical (unpaired) electrons. The van der Waals surface area contributed by atoms with Crippen molar-refractivity contribution in [2.45, 2.75) is 39.2 Å². The molecule has 0 aliphatic carbocycles. The minimum Gasteiger partial charge on any atom is -0.481 e. The minimum absolute atomic E-state index is 0.0631. The smallest absolute Gasteiger partial charge is 0.303 e. The summed E-state index contributed by atoms with van der Waals surface area (Å²) >= 11 is 0. The molecule has 0 aliphatic heterocycles. The van der Waals surface area contributed by atoms with Crippen LogP contribution >= 0.6 is 0 Å². The van der Waals surface area contributed by atoms with E-state index in [2.05, 4.69) is 10.3 Å². The molecule has 3 N–H and O–H groups in total. The SMILES string of the molecule is Cc1[nH]c2ccccc2c1CC(=O)NC(C)CCC(=O)O. The van der Waals surface area contributed by atoms with Gasteiger partial charge in [-0.15, -0.1) is 0 Å². The molecule has 0 saturated heterocycles. The van der Waals surface area contributed by atoms with Gasteiger partial charge in [0.2, 0.25) is 5.91 Å². The third-order valence-corrected chi connectivity index (χ3v) is 3.56. The van der Waals surface area contributed by atoms with Crippen LogP contribution in [0.3, 0.4) is 0 Å². The summed E-state index contributed by atoms with van der Waals surface area (Å²) in [4.78, 5) is 25.9. The van der Waals surface area contributed by atoms with Gasteiger partial charge in [0.15, 0.2) is 0 Å². The Morgan fingerprint density at radius 1 is 1.33 bits per heavy atom. The number of benzene rings is 1. The van der Waals surface area contributed by atoms with Crippen LogP contribution in [0, 0.1) is 6.92 Å². The molecular formula is C16H20N2O3. The highest BCUT2D eigenvalue weighted by Gasteiger charge is 2.14. The number of amides is 1. The number of rotatable bonds is 6. The van der Waals surface area contributed by atoms with Gasteiger partial charge in [-0.2, -0.15) is 0 Å². The van der Waals surface area contributed by atoms with Crippen LogP contribution in [0.25, 0.3) is 10.9 Å². The van der Waals surface area contributed by atoms with Gasteiger partial charge in [0, 0.05) is 29.1 Å². The van der Waals surface area contributed by atoms with E-state index in [-0.39, 0.29) is 18.4 Å². The molecule has 5 nitrogen and oxygen atoms in total. The van der Waals surface area contributed by atoms with E-state index < -0.39 is 5.97 Å². The van der Waals surface area contributed by atoms with Gasteiger partial charge in [0.25, 0.3) is 0 Å². The quantitative estimate of drug-likeness (QED) is 0.763.